The topological polar surface area (TPSA) is 89.8 Å². The quantitative estimate of drug-likeness (QED) is 0.469. The number of fused-ring (bicyclic) bond motifs is 1. The Bertz CT molecular complexity index is 1160. The summed E-state index contributed by atoms with van der Waals surface area (Å²) in [5.41, 5.74) is 5.07. The van der Waals surface area contributed by atoms with Crippen molar-refractivity contribution < 1.29 is 4.74 Å². The van der Waals surface area contributed by atoms with Crippen LogP contribution in [0.1, 0.15) is 17.3 Å². The molecule has 0 aliphatic carbocycles. The molecule has 0 spiro atoms. The molecule has 162 valence electrons. The lowest BCUT2D eigenvalue weighted by Crippen LogP contribution is -2.43. The molecule has 1 aromatic carbocycles. The molecular weight excluding hydrogens is 402 g/mol. The molecule has 8 heteroatoms. The van der Waals surface area contributed by atoms with Gasteiger partial charge in [-0.1, -0.05) is 30.3 Å². The first-order valence-electron chi connectivity index (χ1n) is 10.7. The Morgan fingerprint density at radius 2 is 2.06 bits per heavy atom. The van der Waals surface area contributed by atoms with Gasteiger partial charge in [0.25, 0.3) is 0 Å². The molecule has 2 atom stereocenters. The van der Waals surface area contributed by atoms with E-state index in [9.17, 15) is 0 Å². The van der Waals surface area contributed by atoms with Crippen molar-refractivity contribution >= 4 is 5.69 Å². The molecule has 0 bridgehead atoms. The van der Waals surface area contributed by atoms with Gasteiger partial charge in [-0.15, -0.1) is 0 Å². The van der Waals surface area contributed by atoms with Gasteiger partial charge in [-0.25, -0.2) is 4.98 Å². The zero-order chi connectivity index (χ0) is 21.8. The van der Waals surface area contributed by atoms with Crippen molar-refractivity contribution in [3.63, 3.8) is 0 Å². The van der Waals surface area contributed by atoms with Crippen LogP contribution in [0.3, 0.4) is 0 Å². The second-order valence-electron chi connectivity index (χ2n) is 7.82. The van der Waals surface area contributed by atoms with Gasteiger partial charge in [0, 0.05) is 49.7 Å². The van der Waals surface area contributed by atoms with Crippen molar-refractivity contribution in [2.24, 2.45) is 7.05 Å². The van der Waals surface area contributed by atoms with Crippen LogP contribution in [0, 0.1) is 0 Å². The highest BCUT2D eigenvalue weighted by Crippen LogP contribution is 2.34. The van der Waals surface area contributed by atoms with E-state index in [1.807, 2.05) is 43.8 Å². The van der Waals surface area contributed by atoms with Crippen LogP contribution < -0.4 is 15.4 Å². The Morgan fingerprint density at radius 3 is 2.84 bits per heavy atom. The fraction of sp³-hybridized carbons (Fsp3) is 0.250. The van der Waals surface area contributed by atoms with Crippen LogP contribution in [0.15, 0.2) is 73.3 Å². The van der Waals surface area contributed by atoms with Gasteiger partial charge in [0.05, 0.1) is 30.2 Å². The average molecular weight is 428 g/mol. The molecule has 32 heavy (non-hydrogen) atoms. The lowest BCUT2D eigenvalue weighted by atomic mass is 9.99. The number of nitrogens with zero attached hydrogens (tertiary/aromatic N) is 5. The van der Waals surface area contributed by atoms with E-state index >= 15 is 0 Å². The molecule has 0 radical (unpaired) electrons. The minimum Gasteiger partial charge on any atom is -0.469 e. The zero-order valence-corrected chi connectivity index (χ0v) is 17.8. The molecule has 2 N–H and O–H groups in total. The van der Waals surface area contributed by atoms with E-state index in [4.69, 9.17) is 4.74 Å². The highest BCUT2D eigenvalue weighted by Gasteiger charge is 2.29. The number of aryl methyl sites for hydroxylation is 1. The third-order valence-electron chi connectivity index (χ3n) is 5.55. The lowest BCUT2D eigenvalue weighted by Gasteiger charge is -2.33. The van der Waals surface area contributed by atoms with Crippen molar-refractivity contribution in [3.8, 4) is 17.0 Å². The summed E-state index contributed by atoms with van der Waals surface area (Å²) in [4.78, 5) is 4.59. The Labute approximate surface area is 186 Å². The number of nitrogens with one attached hydrogen (secondary N) is 2. The van der Waals surface area contributed by atoms with Crippen molar-refractivity contribution in [1.82, 2.24) is 30.3 Å². The van der Waals surface area contributed by atoms with Crippen LogP contribution in [-0.4, -0.2) is 44.2 Å². The predicted octanol–water partition coefficient (Wildman–Crippen LogP) is 3.02. The molecule has 0 saturated heterocycles. The molecule has 1 aliphatic rings. The molecule has 1 aliphatic heterocycles. The van der Waals surface area contributed by atoms with Crippen LogP contribution >= 0.6 is 0 Å². The fourth-order valence-corrected chi connectivity index (χ4v) is 3.93. The summed E-state index contributed by atoms with van der Waals surface area (Å²) in [6.45, 7) is 1.43. The third-order valence-corrected chi connectivity index (χ3v) is 5.55. The molecular formula is C24H25N7O. The second kappa shape index (κ2) is 9.15. The summed E-state index contributed by atoms with van der Waals surface area (Å²) in [6, 6.07) is 16.3. The summed E-state index contributed by atoms with van der Waals surface area (Å²) in [5.74, 6) is 0.616. The first-order chi connectivity index (χ1) is 15.8. The number of aromatic nitrogens is 5. The van der Waals surface area contributed by atoms with Gasteiger partial charge in [0.1, 0.15) is 6.10 Å². The van der Waals surface area contributed by atoms with Gasteiger partial charge in [-0.3, -0.25) is 4.68 Å². The van der Waals surface area contributed by atoms with Gasteiger partial charge in [0.2, 0.25) is 5.88 Å². The smallest absolute Gasteiger partial charge is 0.237 e. The Hall–Kier alpha value is -3.78. The summed E-state index contributed by atoms with van der Waals surface area (Å²) in [7, 11) is 1.91. The first kappa shape index (κ1) is 20.1. The van der Waals surface area contributed by atoms with Gasteiger partial charge >= 0.3 is 0 Å². The summed E-state index contributed by atoms with van der Waals surface area (Å²) in [6.07, 6.45) is 8.02. The molecule has 0 unspecified atom stereocenters. The van der Waals surface area contributed by atoms with Crippen molar-refractivity contribution in [1.29, 1.82) is 0 Å². The largest absolute Gasteiger partial charge is 0.469 e. The van der Waals surface area contributed by atoms with E-state index in [0.717, 1.165) is 35.5 Å². The molecule has 4 aromatic rings. The first-order valence-corrected chi connectivity index (χ1v) is 10.7. The number of benzene rings is 1. The third kappa shape index (κ3) is 4.45. The van der Waals surface area contributed by atoms with Crippen LogP contribution in [0.4, 0.5) is 5.69 Å². The van der Waals surface area contributed by atoms with E-state index in [2.05, 4.69) is 61.2 Å². The number of rotatable bonds is 7. The van der Waals surface area contributed by atoms with Gasteiger partial charge in [-0.2, -0.15) is 15.3 Å². The molecule has 0 fully saturated rings. The maximum absolute atomic E-state index is 6.36. The van der Waals surface area contributed by atoms with Crippen molar-refractivity contribution in [2.45, 2.75) is 18.6 Å². The number of pyridine rings is 1. The second-order valence-corrected chi connectivity index (χ2v) is 7.82. The molecule has 0 saturated carbocycles. The Balaban J connectivity index is 1.32. The highest BCUT2D eigenvalue weighted by molar-refractivity contribution is 5.69. The summed E-state index contributed by atoms with van der Waals surface area (Å²) in [5, 5.41) is 19.5. The Morgan fingerprint density at radius 1 is 1.16 bits per heavy atom. The van der Waals surface area contributed by atoms with E-state index in [1.165, 1.54) is 5.56 Å². The number of hydrogen-bond acceptors (Lipinski definition) is 7. The van der Waals surface area contributed by atoms with Crippen molar-refractivity contribution in [2.75, 3.05) is 18.4 Å². The molecule has 4 heterocycles. The van der Waals surface area contributed by atoms with Gasteiger partial charge in [-0.05, 0) is 23.8 Å². The molecule has 8 nitrogen and oxygen atoms in total. The number of anilines is 1. The lowest BCUT2D eigenvalue weighted by molar-refractivity contribution is 0.150. The predicted molar refractivity (Wildman–Crippen MR) is 122 cm³/mol. The monoisotopic (exact) mass is 427 g/mol. The van der Waals surface area contributed by atoms with E-state index < -0.39 is 0 Å². The number of hydrogen-bond donors (Lipinski definition) is 2. The Kier molecular flexibility index (Phi) is 5.76. The SMILES string of the molecule is Cn1cc(-c2cnc3c(c2)NC[C@@H]([C@H](NCCc2cccnn2)c2ccccc2)O3)cn1. The average Bonchev–Trinajstić information content (AvgIpc) is 3.29. The maximum Gasteiger partial charge on any atom is 0.237 e. The van der Waals surface area contributed by atoms with Gasteiger partial charge < -0.3 is 15.4 Å². The molecule has 5 rings (SSSR count). The van der Waals surface area contributed by atoms with Crippen LogP contribution in [0.5, 0.6) is 5.88 Å². The van der Waals surface area contributed by atoms with Crippen molar-refractivity contribution in [3.05, 3.63) is 84.6 Å². The summed E-state index contributed by atoms with van der Waals surface area (Å²) >= 11 is 0. The van der Waals surface area contributed by atoms with Gasteiger partial charge in [0.15, 0.2) is 0 Å². The molecule has 0 amide bonds. The maximum atomic E-state index is 6.36. The zero-order valence-electron chi connectivity index (χ0n) is 17.8. The highest BCUT2D eigenvalue weighted by atomic mass is 16.5. The van der Waals surface area contributed by atoms with Crippen LogP contribution in [-0.2, 0) is 13.5 Å². The van der Waals surface area contributed by atoms with Crippen LogP contribution in [0.2, 0.25) is 0 Å². The standard InChI is InChI=1S/C24H25N7O/c1-31-16-19(14-29-31)18-12-21-24(27-13-18)32-22(15-26-21)23(17-6-3-2-4-7-17)25-11-9-20-8-5-10-28-30-20/h2-8,10,12-14,16,22-23,25-26H,9,11,15H2,1H3/t22-,23+/m0/s1. The van der Waals surface area contributed by atoms with Crippen LogP contribution in [0.25, 0.3) is 11.1 Å². The minimum absolute atomic E-state index is 0.00770. The molecule has 3 aromatic heterocycles. The van der Waals surface area contributed by atoms with E-state index in [-0.39, 0.29) is 12.1 Å². The van der Waals surface area contributed by atoms with E-state index in [1.54, 1.807) is 10.9 Å². The summed E-state index contributed by atoms with van der Waals surface area (Å²) < 4.78 is 8.15. The minimum atomic E-state index is -0.108. The number of ether oxygens (including phenoxy) is 1. The normalized spacial score (nSPS) is 16.0. The van der Waals surface area contributed by atoms with E-state index in [0.29, 0.717) is 12.4 Å². The fourth-order valence-electron chi connectivity index (χ4n) is 3.93.